The first-order valence-electron chi connectivity index (χ1n) is 9.03. The van der Waals surface area contributed by atoms with Crippen molar-refractivity contribution in [1.29, 1.82) is 0 Å². The Kier molecular flexibility index (Phi) is 5.35. The molecular formula is C21H18N4O3S. The Morgan fingerprint density at radius 2 is 1.97 bits per heavy atom. The quantitative estimate of drug-likeness (QED) is 0.530. The summed E-state index contributed by atoms with van der Waals surface area (Å²) in [6, 6.07) is 17.9. The number of hydrogen-bond donors (Lipinski definition) is 1. The summed E-state index contributed by atoms with van der Waals surface area (Å²) >= 11 is 1.39. The lowest BCUT2D eigenvalue weighted by atomic mass is 10.2. The Morgan fingerprint density at radius 3 is 2.79 bits per heavy atom. The maximum Gasteiger partial charge on any atom is 0.277 e. The number of carbonyl (C=O) groups is 1. The average molecular weight is 406 g/mol. The normalized spacial score (nSPS) is 10.8. The van der Waals surface area contributed by atoms with Gasteiger partial charge in [0.15, 0.2) is 5.13 Å². The minimum absolute atomic E-state index is 0.139. The summed E-state index contributed by atoms with van der Waals surface area (Å²) in [5.74, 6) is 0.291. The van der Waals surface area contributed by atoms with Crippen LogP contribution >= 0.6 is 11.3 Å². The van der Waals surface area contributed by atoms with Gasteiger partial charge in [0, 0.05) is 6.07 Å². The maximum atomic E-state index is 12.6. The zero-order valence-electron chi connectivity index (χ0n) is 15.7. The molecule has 0 unspecified atom stereocenters. The third kappa shape index (κ3) is 4.49. The Balaban J connectivity index is 1.45. The highest BCUT2D eigenvalue weighted by Crippen LogP contribution is 2.26. The first-order valence-corrected chi connectivity index (χ1v) is 9.85. The number of amides is 1. The molecule has 0 fully saturated rings. The topological polar surface area (TPSA) is 86.1 Å². The molecule has 2 aromatic heterocycles. The molecule has 0 aliphatic rings. The van der Waals surface area contributed by atoms with Crippen LogP contribution in [0.25, 0.3) is 10.2 Å². The number of ether oxygens (including phenoxy) is 1. The number of hydrogen-bond acceptors (Lipinski definition) is 6. The standard InChI is InChI=1S/C21H18N4O3S/c1-14-7-8-16-18(13-14)29-21(22-16)23-20(27)17-9-10-19(26)25(24-17)11-12-28-15-5-3-2-4-6-15/h2-10,13H,11-12H2,1H3,(H,22,23,27). The first kappa shape index (κ1) is 18.8. The lowest BCUT2D eigenvalue weighted by Crippen LogP contribution is -2.28. The second kappa shape index (κ2) is 8.24. The molecular weight excluding hydrogens is 388 g/mol. The number of nitrogens with one attached hydrogen (secondary N) is 1. The molecule has 0 saturated carbocycles. The van der Waals surface area contributed by atoms with Crippen LogP contribution in [0, 0.1) is 6.92 Å². The van der Waals surface area contributed by atoms with Gasteiger partial charge in [-0.1, -0.05) is 35.6 Å². The van der Waals surface area contributed by atoms with E-state index in [9.17, 15) is 9.59 Å². The third-order valence-corrected chi connectivity index (χ3v) is 5.11. The molecule has 2 heterocycles. The maximum absolute atomic E-state index is 12.6. The highest BCUT2D eigenvalue weighted by Gasteiger charge is 2.13. The molecule has 0 saturated heterocycles. The molecule has 0 radical (unpaired) electrons. The summed E-state index contributed by atoms with van der Waals surface area (Å²) in [6.45, 7) is 2.50. The van der Waals surface area contributed by atoms with E-state index in [-0.39, 0.29) is 24.4 Å². The number of thiazole rings is 1. The molecule has 8 heteroatoms. The van der Waals surface area contributed by atoms with Crippen LogP contribution in [0.3, 0.4) is 0 Å². The number of benzene rings is 2. The lowest BCUT2D eigenvalue weighted by molar-refractivity contribution is 0.101. The summed E-state index contributed by atoms with van der Waals surface area (Å²) < 4.78 is 7.81. The highest BCUT2D eigenvalue weighted by atomic mass is 32.1. The molecule has 4 rings (SSSR count). The summed E-state index contributed by atoms with van der Waals surface area (Å²) in [7, 11) is 0. The molecule has 0 aliphatic heterocycles. The van der Waals surface area contributed by atoms with Gasteiger partial charge in [-0.15, -0.1) is 0 Å². The molecule has 29 heavy (non-hydrogen) atoms. The lowest BCUT2D eigenvalue weighted by Gasteiger charge is -2.08. The van der Waals surface area contributed by atoms with E-state index >= 15 is 0 Å². The summed E-state index contributed by atoms with van der Waals surface area (Å²) in [5.41, 5.74) is 1.80. The van der Waals surface area contributed by atoms with E-state index in [1.165, 1.54) is 28.2 Å². The van der Waals surface area contributed by atoms with Gasteiger partial charge in [0.25, 0.3) is 11.5 Å². The first-order chi connectivity index (χ1) is 14.1. The number of aryl methyl sites for hydroxylation is 1. The van der Waals surface area contributed by atoms with Crippen LogP contribution in [0.2, 0.25) is 0 Å². The molecule has 0 aliphatic carbocycles. The summed E-state index contributed by atoms with van der Waals surface area (Å²) in [5, 5.41) is 7.40. The fraction of sp³-hybridized carbons (Fsp3) is 0.143. The van der Waals surface area contributed by atoms with Crippen LogP contribution in [-0.2, 0) is 6.54 Å². The predicted molar refractivity (Wildman–Crippen MR) is 113 cm³/mol. The molecule has 2 aromatic carbocycles. The molecule has 146 valence electrons. The van der Waals surface area contributed by atoms with Gasteiger partial charge in [-0.05, 0) is 42.8 Å². The van der Waals surface area contributed by atoms with Gasteiger partial charge in [0.2, 0.25) is 0 Å². The minimum atomic E-state index is -0.418. The second-order valence-corrected chi connectivity index (χ2v) is 7.42. The second-order valence-electron chi connectivity index (χ2n) is 6.39. The highest BCUT2D eigenvalue weighted by molar-refractivity contribution is 7.22. The van der Waals surface area contributed by atoms with E-state index in [0.29, 0.717) is 10.9 Å². The Labute approximate surface area is 170 Å². The van der Waals surface area contributed by atoms with Crippen LogP contribution < -0.4 is 15.6 Å². The largest absolute Gasteiger partial charge is 0.492 e. The Morgan fingerprint density at radius 1 is 1.14 bits per heavy atom. The Bertz CT molecular complexity index is 1220. The van der Waals surface area contributed by atoms with Crippen LogP contribution in [0.5, 0.6) is 5.75 Å². The van der Waals surface area contributed by atoms with E-state index in [1.807, 2.05) is 55.5 Å². The number of fused-ring (bicyclic) bond motifs is 1. The van der Waals surface area contributed by atoms with Gasteiger partial charge in [-0.2, -0.15) is 5.10 Å². The SMILES string of the molecule is Cc1ccc2nc(NC(=O)c3ccc(=O)n(CCOc4ccccc4)n3)sc2c1. The third-order valence-electron chi connectivity index (χ3n) is 4.18. The van der Waals surface area contributed by atoms with Gasteiger partial charge in [0.05, 0.1) is 16.8 Å². The van der Waals surface area contributed by atoms with E-state index in [1.54, 1.807) is 0 Å². The van der Waals surface area contributed by atoms with Gasteiger partial charge in [-0.25, -0.2) is 9.67 Å². The number of nitrogens with zero attached hydrogens (tertiary/aromatic N) is 3. The van der Waals surface area contributed by atoms with Crippen molar-refractivity contribution < 1.29 is 9.53 Å². The fourth-order valence-electron chi connectivity index (χ4n) is 2.74. The van der Waals surface area contributed by atoms with Gasteiger partial charge in [0.1, 0.15) is 18.1 Å². The molecule has 0 bridgehead atoms. The van der Waals surface area contributed by atoms with Gasteiger partial charge >= 0.3 is 0 Å². The van der Waals surface area contributed by atoms with Crippen molar-refractivity contribution in [3.63, 3.8) is 0 Å². The molecule has 0 spiro atoms. The Hall–Kier alpha value is -3.52. The van der Waals surface area contributed by atoms with Gasteiger partial charge in [-0.3, -0.25) is 14.9 Å². The van der Waals surface area contributed by atoms with Crippen molar-refractivity contribution in [3.05, 3.63) is 82.3 Å². The van der Waals surface area contributed by atoms with E-state index in [4.69, 9.17) is 4.74 Å². The van der Waals surface area contributed by atoms with Crippen LogP contribution in [0.1, 0.15) is 16.1 Å². The number of carbonyl (C=O) groups excluding carboxylic acids is 1. The fourth-order valence-corrected chi connectivity index (χ4v) is 3.70. The molecule has 1 amide bonds. The van der Waals surface area contributed by atoms with Crippen molar-refractivity contribution in [2.24, 2.45) is 0 Å². The van der Waals surface area contributed by atoms with E-state index in [0.717, 1.165) is 15.8 Å². The number of para-hydroxylation sites is 1. The molecule has 0 atom stereocenters. The number of anilines is 1. The average Bonchev–Trinajstić information content (AvgIpc) is 3.11. The van der Waals surface area contributed by atoms with Crippen molar-refractivity contribution in [3.8, 4) is 5.75 Å². The van der Waals surface area contributed by atoms with Crippen molar-refractivity contribution in [1.82, 2.24) is 14.8 Å². The molecule has 1 N–H and O–H groups in total. The van der Waals surface area contributed by atoms with Crippen LogP contribution in [0.4, 0.5) is 5.13 Å². The van der Waals surface area contributed by atoms with Crippen molar-refractivity contribution in [2.45, 2.75) is 13.5 Å². The summed E-state index contributed by atoms with van der Waals surface area (Å²) in [6.07, 6.45) is 0. The van der Waals surface area contributed by atoms with Gasteiger partial charge < -0.3 is 4.74 Å². The smallest absolute Gasteiger partial charge is 0.277 e. The molecule has 4 aromatic rings. The zero-order valence-corrected chi connectivity index (χ0v) is 16.5. The zero-order chi connectivity index (χ0) is 20.2. The minimum Gasteiger partial charge on any atom is -0.492 e. The number of rotatable bonds is 6. The number of aromatic nitrogens is 3. The van der Waals surface area contributed by atoms with E-state index < -0.39 is 5.91 Å². The summed E-state index contributed by atoms with van der Waals surface area (Å²) in [4.78, 5) is 29.0. The van der Waals surface area contributed by atoms with E-state index in [2.05, 4.69) is 15.4 Å². The van der Waals surface area contributed by atoms with Crippen molar-refractivity contribution in [2.75, 3.05) is 11.9 Å². The molecule has 7 nitrogen and oxygen atoms in total. The van der Waals surface area contributed by atoms with Crippen molar-refractivity contribution >= 4 is 32.6 Å². The van der Waals surface area contributed by atoms with Crippen LogP contribution in [0.15, 0.2) is 65.5 Å². The van der Waals surface area contributed by atoms with Crippen LogP contribution in [-0.4, -0.2) is 27.3 Å². The monoisotopic (exact) mass is 406 g/mol. The predicted octanol–water partition coefficient (Wildman–Crippen LogP) is 3.49.